The van der Waals surface area contributed by atoms with E-state index in [1.807, 2.05) is 24.3 Å². The second-order valence-electron chi connectivity index (χ2n) is 7.76. The van der Waals surface area contributed by atoms with Crippen molar-refractivity contribution in [3.05, 3.63) is 63.4 Å². The maximum absolute atomic E-state index is 11.7. The molecule has 1 saturated heterocycles. The van der Waals surface area contributed by atoms with Gasteiger partial charge in [0.25, 0.3) is 0 Å². The number of aromatic nitrogens is 1. The van der Waals surface area contributed by atoms with Crippen LogP contribution in [0.5, 0.6) is 0 Å². The fourth-order valence-corrected chi connectivity index (χ4v) is 5.18. The van der Waals surface area contributed by atoms with E-state index in [0.29, 0.717) is 10.0 Å². The lowest BCUT2D eigenvalue weighted by Gasteiger charge is -2.53. The summed E-state index contributed by atoms with van der Waals surface area (Å²) in [5, 5.41) is 12.9. The van der Waals surface area contributed by atoms with Crippen molar-refractivity contribution in [3.63, 3.8) is 0 Å². The molecule has 5 heteroatoms. The standard InChI is InChI=1S/C21H24Cl2N2O/c1-14-4-3-9-24-20(14)21(26)16-5-2-6-17(21)13-25(12-16)11-15-7-8-18(22)19(23)10-15/h3-4,7-10,16-17,26H,2,5-6,11-13H2,1H3/t16-,17-/m0/s1. The lowest BCUT2D eigenvalue weighted by Crippen LogP contribution is -2.58. The second kappa shape index (κ2) is 7.12. The third-order valence-electron chi connectivity index (χ3n) is 6.09. The molecule has 1 aliphatic carbocycles. The first kappa shape index (κ1) is 18.2. The summed E-state index contributed by atoms with van der Waals surface area (Å²) in [6.07, 6.45) is 5.07. The van der Waals surface area contributed by atoms with Crippen molar-refractivity contribution in [2.45, 2.75) is 38.3 Å². The van der Waals surface area contributed by atoms with Gasteiger partial charge in [-0.1, -0.05) is 41.8 Å². The number of pyridine rings is 1. The van der Waals surface area contributed by atoms with E-state index in [9.17, 15) is 5.11 Å². The molecule has 0 spiro atoms. The Bertz CT molecular complexity index is 796. The maximum Gasteiger partial charge on any atom is 0.115 e. The number of piperidine rings is 1. The van der Waals surface area contributed by atoms with Gasteiger partial charge in [-0.15, -0.1) is 0 Å². The Balaban J connectivity index is 1.58. The smallest absolute Gasteiger partial charge is 0.115 e. The number of benzene rings is 1. The summed E-state index contributed by atoms with van der Waals surface area (Å²) in [7, 11) is 0. The Labute approximate surface area is 165 Å². The first-order valence-electron chi connectivity index (χ1n) is 9.29. The van der Waals surface area contributed by atoms with E-state index in [1.54, 1.807) is 6.20 Å². The van der Waals surface area contributed by atoms with Crippen LogP contribution in [0.3, 0.4) is 0 Å². The molecule has 2 heterocycles. The summed E-state index contributed by atoms with van der Waals surface area (Å²) in [5.74, 6) is 0.428. The highest BCUT2D eigenvalue weighted by atomic mass is 35.5. The number of aliphatic hydroxyl groups is 1. The third kappa shape index (κ3) is 3.16. The van der Waals surface area contributed by atoms with Crippen molar-refractivity contribution in [1.82, 2.24) is 9.88 Å². The SMILES string of the molecule is Cc1cccnc1C1(O)[C@H]2CCC[C@H]1CN(Cc1ccc(Cl)c(Cl)c1)C2. The van der Waals surface area contributed by atoms with Gasteiger partial charge in [0.2, 0.25) is 0 Å². The highest BCUT2D eigenvalue weighted by Crippen LogP contribution is 2.49. The maximum atomic E-state index is 11.7. The summed E-state index contributed by atoms with van der Waals surface area (Å²) in [4.78, 5) is 7.03. The molecule has 0 radical (unpaired) electrons. The molecular weight excluding hydrogens is 367 g/mol. The molecule has 1 saturated carbocycles. The Morgan fingerprint density at radius 3 is 2.54 bits per heavy atom. The quantitative estimate of drug-likeness (QED) is 0.815. The van der Waals surface area contributed by atoms with E-state index < -0.39 is 5.60 Å². The molecule has 1 N–H and O–H groups in total. The van der Waals surface area contributed by atoms with E-state index in [2.05, 4.69) is 22.9 Å². The van der Waals surface area contributed by atoms with Crippen LogP contribution in [-0.2, 0) is 12.1 Å². The number of likely N-dealkylation sites (tertiary alicyclic amines) is 1. The second-order valence-corrected chi connectivity index (χ2v) is 8.58. The van der Waals surface area contributed by atoms with Gasteiger partial charge in [0.05, 0.1) is 15.7 Å². The first-order valence-corrected chi connectivity index (χ1v) is 10.0. The molecule has 2 aliphatic rings. The van der Waals surface area contributed by atoms with Gasteiger partial charge >= 0.3 is 0 Å². The summed E-state index contributed by atoms with van der Waals surface area (Å²) in [6.45, 7) is 4.64. The molecule has 1 aliphatic heterocycles. The Hall–Kier alpha value is -1.13. The summed E-state index contributed by atoms with van der Waals surface area (Å²) in [5.41, 5.74) is 2.32. The summed E-state index contributed by atoms with van der Waals surface area (Å²) >= 11 is 12.2. The van der Waals surface area contributed by atoms with Crippen molar-refractivity contribution in [3.8, 4) is 0 Å². The molecule has 26 heavy (non-hydrogen) atoms. The van der Waals surface area contributed by atoms with Crippen LogP contribution in [0.4, 0.5) is 0 Å². The fraction of sp³-hybridized carbons (Fsp3) is 0.476. The van der Waals surface area contributed by atoms with Crippen LogP contribution in [0.1, 0.15) is 36.1 Å². The minimum Gasteiger partial charge on any atom is -0.383 e. The van der Waals surface area contributed by atoms with Crippen LogP contribution in [0.2, 0.25) is 10.0 Å². The van der Waals surface area contributed by atoms with E-state index in [1.165, 1.54) is 6.42 Å². The van der Waals surface area contributed by atoms with Gasteiger partial charge in [-0.2, -0.15) is 0 Å². The predicted molar refractivity (Wildman–Crippen MR) is 105 cm³/mol. The zero-order valence-electron chi connectivity index (χ0n) is 15.0. The molecule has 0 amide bonds. The van der Waals surface area contributed by atoms with Gasteiger partial charge in [0.15, 0.2) is 0 Å². The van der Waals surface area contributed by atoms with Crippen LogP contribution in [-0.4, -0.2) is 28.1 Å². The lowest BCUT2D eigenvalue weighted by molar-refractivity contribution is -0.151. The van der Waals surface area contributed by atoms with E-state index in [0.717, 1.165) is 49.3 Å². The zero-order chi connectivity index (χ0) is 18.3. The number of rotatable bonds is 3. The highest BCUT2D eigenvalue weighted by Gasteiger charge is 2.52. The van der Waals surface area contributed by atoms with Gasteiger partial charge in [-0.3, -0.25) is 9.88 Å². The van der Waals surface area contributed by atoms with Crippen molar-refractivity contribution >= 4 is 23.2 Å². The molecular formula is C21H24Cl2N2O. The molecule has 2 fully saturated rings. The van der Waals surface area contributed by atoms with Crippen LogP contribution in [0, 0.1) is 18.8 Å². The molecule has 2 bridgehead atoms. The van der Waals surface area contributed by atoms with Gasteiger partial charge in [-0.25, -0.2) is 0 Å². The Morgan fingerprint density at radius 1 is 1.15 bits per heavy atom. The van der Waals surface area contributed by atoms with Crippen LogP contribution in [0.15, 0.2) is 36.5 Å². The van der Waals surface area contributed by atoms with Crippen molar-refractivity contribution in [1.29, 1.82) is 0 Å². The highest BCUT2D eigenvalue weighted by molar-refractivity contribution is 6.42. The Morgan fingerprint density at radius 2 is 1.88 bits per heavy atom. The third-order valence-corrected chi connectivity index (χ3v) is 6.83. The van der Waals surface area contributed by atoms with Crippen LogP contribution >= 0.6 is 23.2 Å². The average molecular weight is 391 g/mol. The monoisotopic (exact) mass is 390 g/mol. The van der Waals surface area contributed by atoms with Gasteiger partial charge in [-0.05, 0) is 49.1 Å². The minimum atomic E-state index is -0.808. The Kier molecular flexibility index (Phi) is 5.00. The number of halogens is 2. The molecule has 4 rings (SSSR count). The topological polar surface area (TPSA) is 36.4 Å². The predicted octanol–water partition coefficient (Wildman–Crippen LogP) is 4.82. The van der Waals surface area contributed by atoms with E-state index in [-0.39, 0.29) is 11.8 Å². The van der Waals surface area contributed by atoms with Crippen LogP contribution < -0.4 is 0 Å². The average Bonchev–Trinajstić information content (AvgIpc) is 2.59. The number of hydrogen-bond donors (Lipinski definition) is 1. The largest absolute Gasteiger partial charge is 0.383 e. The molecule has 1 aromatic carbocycles. The van der Waals surface area contributed by atoms with Gasteiger partial charge < -0.3 is 5.11 Å². The van der Waals surface area contributed by atoms with Crippen molar-refractivity contribution in [2.75, 3.05) is 13.1 Å². The van der Waals surface area contributed by atoms with Gasteiger partial charge in [0.1, 0.15) is 5.60 Å². The zero-order valence-corrected chi connectivity index (χ0v) is 16.5. The number of fused-ring (bicyclic) bond motifs is 2. The molecule has 1 aromatic heterocycles. The summed E-state index contributed by atoms with van der Waals surface area (Å²) in [6, 6.07) is 9.84. The molecule has 2 atom stereocenters. The fourth-order valence-electron chi connectivity index (χ4n) is 4.86. The normalized spacial score (nSPS) is 28.9. The number of hydrogen-bond acceptors (Lipinski definition) is 3. The first-order chi connectivity index (χ1) is 12.5. The van der Waals surface area contributed by atoms with Crippen molar-refractivity contribution < 1.29 is 5.11 Å². The van der Waals surface area contributed by atoms with E-state index >= 15 is 0 Å². The number of aryl methyl sites for hydroxylation is 1. The minimum absolute atomic E-state index is 0.214. The summed E-state index contributed by atoms with van der Waals surface area (Å²) < 4.78 is 0. The molecule has 138 valence electrons. The van der Waals surface area contributed by atoms with Gasteiger partial charge in [0, 0.05) is 37.7 Å². The lowest BCUT2D eigenvalue weighted by atomic mass is 9.63. The van der Waals surface area contributed by atoms with E-state index in [4.69, 9.17) is 23.2 Å². The molecule has 0 unspecified atom stereocenters. The molecule has 2 aromatic rings. The molecule has 3 nitrogen and oxygen atoms in total. The van der Waals surface area contributed by atoms with Crippen molar-refractivity contribution in [2.24, 2.45) is 11.8 Å². The van der Waals surface area contributed by atoms with Crippen LogP contribution in [0.25, 0.3) is 0 Å². The number of nitrogens with zero attached hydrogens (tertiary/aromatic N) is 2.